The second-order valence-corrected chi connectivity index (χ2v) is 8.38. The summed E-state index contributed by atoms with van der Waals surface area (Å²) >= 11 is 0. The SMILES string of the molecule is CCN(C(=O)C(C)C)[C@H]1CCN(c2nc3cc(F)c(F)cc3nc2OCc2ccccn2)C1. The van der Waals surface area contributed by atoms with E-state index in [-0.39, 0.29) is 41.4 Å². The lowest BCUT2D eigenvalue weighted by Crippen LogP contribution is -2.43. The van der Waals surface area contributed by atoms with Gasteiger partial charge in [0.1, 0.15) is 6.61 Å². The topological polar surface area (TPSA) is 71.5 Å². The first-order valence-electron chi connectivity index (χ1n) is 11.1. The van der Waals surface area contributed by atoms with Crippen molar-refractivity contribution in [2.24, 2.45) is 5.92 Å². The van der Waals surface area contributed by atoms with E-state index in [0.29, 0.717) is 31.1 Å². The van der Waals surface area contributed by atoms with Crippen LogP contribution in [0.15, 0.2) is 36.5 Å². The van der Waals surface area contributed by atoms with Gasteiger partial charge in [-0.05, 0) is 25.5 Å². The highest BCUT2D eigenvalue weighted by Crippen LogP contribution is 2.32. The summed E-state index contributed by atoms with van der Waals surface area (Å²) in [7, 11) is 0. The second kappa shape index (κ2) is 9.64. The van der Waals surface area contributed by atoms with E-state index in [9.17, 15) is 13.6 Å². The molecule has 4 rings (SSSR count). The summed E-state index contributed by atoms with van der Waals surface area (Å²) in [6.07, 6.45) is 2.43. The van der Waals surface area contributed by atoms with E-state index in [4.69, 9.17) is 4.74 Å². The zero-order chi connectivity index (χ0) is 23.5. The predicted octanol–water partition coefficient (Wildman–Crippen LogP) is 3.97. The Balaban J connectivity index is 1.66. The van der Waals surface area contributed by atoms with Crippen LogP contribution in [-0.2, 0) is 11.4 Å². The molecule has 9 heteroatoms. The molecule has 0 radical (unpaired) electrons. The number of rotatable bonds is 7. The number of pyridine rings is 1. The van der Waals surface area contributed by atoms with Crippen molar-refractivity contribution in [2.75, 3.05) is 24.5 Å². The molecule has 1 atom stereocenters. The van der Waals surface area contributed by atoms with Crippen LogP contribution in [0.4, 0.5) is 14.6 Å². The average Bonchev–Trinajstić information content (AvgIpc) is 3.28. The van der Waals surface area contributed by atoms with Crippen molar-refractivity contribution >= 4 is 22.8 Å². The fourth-order valence-electron chi connectivity index (χ4n) is 4.07. The van der Waals surface area contributed by atoms with E-state index in [1.807, 2.05) is 48.8 Å². The summed E-state index contributed by atoms with van der Waals surface area (Å²) < 4.78 is 33.6. The summed E-state index contributed by atoms with van der Waals surface area (Å²) in [5.41, 5.74) is 1.15. The van der Waals surface area contributed by atoms with E-state index in [1.54, 1.807) is 6.20 Å². The molecule has 0 spiro atoms. The summed E-state index contributed by atoms with van der Waals surface area (Å²) in [5, 5.41) is 0. The molecule has 3 heterocycles. The van der Waals surface area contributed by atoms with Crippen LogP contribution in [0.25, 0.3) is 11.0 Å². The first-order chi connectivity index (χ1) is 15.9. The quantitative estimate of drug-likeness (QED) is 0.537. The number of fused-ring (bicyclic) bond motifs is 1. The molecule has 1 amide bonds. The van der Waals surface area contributed by atoms with Crippen LogP contribution >= 0.6 is 0 Å². The molecule has 33 heavy (non-hydrogen) atoms. The van der Waals surface area contributed by atoms with Crippen molar-refractivity contribution in [3.05, 3.63) is 53.9 Å². The molecule has 174 valence electrons. The number of carbonyl (C=O) groups is 1. The Morgan fingerprint density at radius 2 is 1.94 bits per heavy atom. The summed E-state index contributed by atoms with van der Waals surface area (Å²) in [6, 6.07) is 7.57. The molecule has 0 bridgehead atoms. The van der Waals surface area contributed by atoms with Crippen LogP contribution < -0.4 is 9.64 Å². The van der Waals surface area contributed by atoms with Gasteiger partial charge in [-0.2, -0.15) is 0 Å². The molecule has 1 aliphatic heterocycles. The number of anilines is 1. The number of nitrogens with zero attached hydrogens (tertiary/aromatic N) is 5. The minimum atomic E-state index is -0.993. The number of benzene rings is 1. The molecule has 0 unspecified atom stereocenters. The highest BCUT2D eigenvalue weighted by Gasteiger charge is 2.33. The molecule has 1 aliphatic rings. The molecular weight excluding hydrogens is 428 g/mol. The van der Waals surface area contributed by atoms with Gasteiger partial charge in [-0.3, -0.25) is 9.78 Å². The normalized spacial score (nSPS) is 15.9. The lowest BCUT2D eigenvalue weighted by atomic mass is 10.1. The van der Waals surface area contributed by atoms with E-state index in [2.05, 4.69) is 15.0 Å². The van der Waals surface area contributed by atoms with Gasteiger partial charge in [-0.1, -0.05) is 19.9 Å². The lowest BCUT2D eigenvalue weighted by Gasteiger charge is -2.29. The maximum absolute atomic E-state index is 13.9. The monoisotopic (exact) mass is 455 g/mol. The van der Waals surface area contributed by atoms with E-state index < -0.39 is 11.6 Å². The summed E-state index contributed by atoms with van der Waals surface area (Å²) in [6.45, 7) is 7.71. The zero-order valence-electron chi connectivity index (χ0n) is 19.0. The van der Waals surface area contributed by atoms with Gasteiger partial charge in [-0.25, -0.2) is 18.7 Å². The highest BCUT2D eigenvalue weighted by atomic mass is 19.2. The first-order valence-corrected chi connectivity index (χ1v) is 11.1. The minimum absolute atomic E-state index is 0.0241. The number of halogens is 2. The maximum Gasteiger partial charge on any atom is 0.258 e. The number of carbonyl (C=O) groups excluding carboxylic acids is 1. The van der Waals surface area contributed by atoms with E-state index in [1.165, 1.54) is 0 Å². The van der Waals surface area contributed by atoms with Gasteiger partial charge in [0.05, 0.1) is 22.8 Å². The van der Waals surface area contributed by atoms with Crippen molar-refractivity contribution in [2.45, 2.75) is 39.8 Å². The molecule has 1 fully saturated rings. The molecule has 0 saturated carbocycles. The Hall–Kier alpha value is -3.36. The Morgan fingerprint density at radius 3 is 2.58 bits per heavy atom. The Kier molecular flexibility index (Phi) is 6.67. The third-order valence-electron chi connectivity index (χ3n) is 5.76. The van der Waals surface area contributed by atoms with E-state index in [0.717, 1.165) is 18.6 Å². The van der Waals surface area contributed by atoms with Gasteiger partial charge >= 0.3 is 0 Å². The lowest BCUT2D eigenvalue weighted by molar-refractivity contribution is -0.136. The van der Waals surface area contributed by atoms with Crippen LogP contribution in [0.5, 0.6) is 5.88 Å². The number of ether oxygens (including phenoxy) is 1. The van der Waals surface area contributed by atoms with Crippen LogP contribution in [-0.4, -0.2) is 51.4 Å². The van der Waals surface area contributed by atoms with Crippen molar-refractivity contribution in [3.8, 4) is 5.88 Å². The molecular formula is C24H27F2N5O2. The van der Waals surface area contributed by atoms with Gasteiger partial charge in [-0.15, -0.1) is 0 Å². The van der Waals surface area contributed by atoms with Gasteiger partial charge < -0.3 is 14.5 Å². The summed E-state index contributed by atoms with van der Waals surface area (Å²) in [4.78, 5) is 29.8. The number of likely N-dealkylation sites (N-methyl/N-ethyl adjacent to an activating group) is 1. The van der Waals surface area contributed by atoms with Gasteiger partial charge in [0.15, 0.2) is 17.5 Å². The molecule has 0 N–H and O–H groups in total. The predicted molar refractivity (Wildman–Crippen MR) is 121 cm³/mol. The number of amides is 1. The third kappa shape index (κ3) is 4.86. The molecule has 0 aliphatic carbocycles. The minimum Gasteiger partial charge on any atom is -0.469 e. The van der Waals surface area contributed by atoms with Crippen molar-refractivity contribution in [1.29, 1.82) is 0 Å². The smallest absolute Gasteiger partial charge is 0.258 e. The third-order valence-corrected chi connectivity index (χ3v) is 5.76. The number of hydrogen-bond acceptors (Lipinski definition) is 6. The van der Waals surface area contributed by atoms with Crippen LogP contribution in [0.2, 0.25) is 0 Å². The standard InChI is InChI=1S/C24H27F2N5O2/c1-4-31(24(32)15(2)3)17-8-10-30(13-17)22-23(33-14-16-7-5-6-9-27-16)29-21-12-19(26)18(25)11-20(21)28-22/h5-7,9,11-12,15,17H,4,8,10,13-14H2,1-3H3/t17-/m0/s1. The van der Waals surface area contributed by atoms with Crippen LogP contribution in [0.3, 0.4) is 0 Å². The van der Waals surface area contributed by atoms with E-state index >= 15 is 0 Å². The van der Waals surface area contributed by atoms with Gasteiger partial charge in [0.2, 0.25) is 5.91 Å². The fraction of sp³-hybridized carbons (Fsp3) is 0.417. The zero-order valence-corrected chi connectivity index (χ0v) is 19.0. The molecule has 1 aromatic carbocycles. The number of hydrogen-bond donors (Lipinski definition) is 0. The molecule has 7 nitrogen and oxygen atoms in total. The molecule has 1 saturated heterocycles. The first kappa shape index (κ1) is 22.8. The Morgan fingerprint density at radius 1 is 1.21 bits per heavy atom. The maximum atomic E-state index is 13.9. The molecule has 2 aromatic heterocycles. The second-order valence-electron chi connectivity index (χ2n) is 8.38. The Labute approximate surface area is 191 Å². The number of aromatic nitrogens is 3. The van der Waals surface area contributed by atoms with Crippen molar-refractivity contribution in [1.82, 2.24) is 19.9 Å². The Bertz CT molecular complexity index is 1140. The van der Waals surface area contributed by atoms with Crippen molar-refractivity contribution < 1.29 is 18.3 Å². The summed E-state index contributed by atoms with van der Waals surface area (Å²) in [5.74, 6) is -1.29. The van der Waals surface area contributed by atoms with Crippen molar-refractivity contribution in [3.63, 3.8) is 0 Å². The highest BCUT2D eigenvalue weighted by molar-refractivity contribution is 5.79. The fourth-order valence-corrected chi connectivity index (χ4v) is 4.07. The molecule has 3 aromatic rings. The average molecular weight is 456 g/mol. The van der Waals surface area contributed by atoms with Crippen LogP contribution in [0.1, 0.15) is 32.9 Å². The largest absolute Gasteiger partial charge is 0.469 e. The van der Waals surface area contributed by atoms with Crippen LogP contribution in [0, 0.1) is 17.6 Å². The van der Waals surface area contributed by atoms with Gasteiger partial charge in [0.25, 0.3) is 5.88 Å². The van der Waals surface area contributed by atoms with Gasteiger partial charge in [0, 0.05) is 43.9 Å².